The number of nitrogens with zero attached hydrogens (tertiary/aromatic N) is 1. The monoisotopic (exact) mass is 187 g/mol. The van der Waals surface area contributed by atoms with Gasteiger partial charge in [0.2, 0.25) is 5.79 Å². The van der Waals surface area contributed by atoms with E-state index in [0.29, 0.717) is 13.2 Å². The Bertz CT molecular complexity index is 230. The highest BCUT2D eigenvalue weighted by atomic mass is 16.7. The fraction of sp³-hybridized carbons (Fsp3) is 0.750. The van der Waals surface area contributed by atoms with Crippen molar-refractivity contribution in [3.05, 3.63) is 0 Å². The van der Waals surface area contributed by atoms with Gasteiger partial charge in [-0.2, -0.15) is 0 Å². The van der Waals surface area contributed by atoms with E-state index in [1.165, 1.54) is 14.0 Å². The number of carbonyl (C=O) groups excluding carboxylic acids is 1. The Morgan fingerprint density at radius 2 is 2.00 bits per heavy atom. The highest BCUT2D eigenvalue weighted by Gasteiger charge is 2.40. The molecule has 1 aliphatic rings. The molecule has 5 heteroatoms. The summed E-state index contributed by atoms with van der Waals surface area (Å²) in [5.41, 5.74) is 0.160. The molecule has 13 heavy (non-hydrogen) atoms. The Kier molecular flexibility index (Phi) is 3.00. The van der Waals surface area contributed by atoms with Gasteiger partial charge in [-0.15, -0.1) is 0 Å². The van der Waals surface area contributed by atoms with Crippen molar-refractivity contribution >= 4 is 11.5 Å². The minimum absolute atomic E-state index is 0.160. The fourth-order valence-electron chi connectivity index (χ4n) is 1.21. The molecule has 0 spiro atoms. The molecule has 1 heterocycles. The Balaban J connectivity index is 2.86. The lowest BCUT2D eigenvalue weighted by Crippen LogP contribution is -2.40. The van der Waals surface area contributed by atoms with Crippen LogP contribution in [0.5, 0.6) is 0 Å². The molecular formula is C8H13NO4. The summed E-state index contributed by atoms with van der Waals surface area (Å²) in [5.74, 6) is -1.26. The summed E-state index contributed by atoms with van der Waals surface area (Å²) in [6, 6.07) is 0. The number of ketones is 1. The van der Waals surface area contributed by atoms with E-state index in [-0.39, 0.29) is 11.5 Å². The first-order valence-corrected chi connectivity index (χ1v) is 4.00. The molecule has 0 aromatic rings. The molecule has 0 radical (unpaired) electrons. The minimum Gasteiger partial charge on any atom is -0.399 e. The predicted octanol–water partition coefficient (Wildman–Crippen LogP) is 0.341. The molecule has 0 aromatic heterocycles. The minimum atomic E-state index is -1.04. The van der Waals surface area contributed by atoms with E-state index >= 15 is 0 Å². The smallest absolute Gasteiger partial charge is 0.216 e. The van der Waals surface area contributed by atoms with Gasteiger partial charge in [-0.3, -0.25) is 4.79 Å². The molecule has 1 rings (SSSR count). The van der Waals surface area contributed by atoms with Crippen molar-refractivity contribution in [2.75, 3.05) is 20.3 Å². The first-order valence-electron chi connectivity index (χ1n) is 4.00. The van der Waals surface area contributed by atoms with Crippen LogP contribution in [0.2, 0.25) is 0 Å². The van der Waals surface area contributed by atoms with Gasteiger partial charge in [0.1, 0.15) is 7.11 Å². The highest BCUT2D eigenvalue weighted by Crippen LogP contribution is 2.21. The Hall–Kier alpha value is -0.940. The summed E-state index contributed by atoms with van der Waals surface area (Å²) >= 11 is 0. The second-order valence-corrected chi connectivity index (χ2v) is 2.82. The number of ether oxygens (including phenoxy) is 2. The van der Waals surface area contributed by atoms with E-state index < -0.39 is 5.79 Å². The quantitative estimate of drug-likeness (QED) is 0.472. The molecule has 74 valence electrons. The second kappa shape index (κ2) is 3.85. The maximum atomic E-state index is 11.2. The molecule has 0 amide bonds. The van der Waals surface area contributed by atoms with Crippen molar-refractivity contribution in [1.82, 2.24) is 0 Å². The van der Waals surface area contributed by atoms with Gasteiger partial charge in [-0.25, -0.2) is 0 Å². The normalized spacial score (nSPS) is 21.6. The zero-order chi connectivity index (χ0) is 9.90. The SMILES string of the molecule is CON=C(C(C)=O)C1(C)OCCO1. The van der Waals surface area contributed by atoms with Crippen LogP contribution < -0.4 is 0 Å². The van der Waals surface area contributed by atoms with Crippen LogP contribution in [0.25, 0.3) is 0 Å². The molecule has 5 nitrogen and oxygen atoms in total. The number of rotatable bonds is 3. The molecule has 0 bridgehead atoms. The van der Waals surface area contributed by atoms with E-state index in [0.717, 1.165) is 0 Å². The maximum Gasteiger partial charge on any atom is 0.216 e. The van der Waals surface area contributed by atoms with Gasteiger partial charge in [0.25, 0.3) is 0 Å². The maximum absolute atomic E-state index is 11.2. The molecule has 0 saturated carbocycles. The Morgan fingerprint density at radius 3 is 2.38 bits per heavy atom. The average Bonchev–Trinajstić information content (AvgIpc) is 2.48. The molecule has 1 aliphatic heterocycles. The third-order valence-corrected chi connectivity index (χ3v) is 1.78. The number of hydrogen-bond donors (Lipinski definition) is 0. The molecule has 1 saturated heterocycles. The predicted molar refractivity (Wildman–Crippen MR) is 45.4 cm³/mol. The molecule has 0 atom stereocenters. The summed E-state index contributed by atoms with van der Waals surface area (Å²) in [4.78, 5) is 15.7. The van der Waals surface area contributed by atoms with Crippen LogP contribution in [0.1, 0.15) is 13.8 Å². The van der Waals surface area contributed by atoms with Crippen LogP contribution in [0.4, 0.5) is 0 Å². The molecule has 0 unspecified atom stereocenters. The van der Waals surface area contributed by atoms with Crippen LogP contribution in [0.15, 0.2) is 5.16 Å². The van der Waals surface area contributed by atoms with Crippen molar-refractivity contribution < 1.29 is 19.1 Å². The van der Waals surface area contributed by atoms with Crippen LogP contribution in [-0.2, 0) is 19.1 Å². The lowest BCUT2D eigenvalue weighted by atomic mass is 10.1. The van der Waals surface area contributed by atoms with Gasteiger partial charge in [-0.05, 0) is 6.92 Å². The van der Waals surface area contributed by atoms with E-state index in [1.54, 1.807) is 6.92 Å². The molecule has 0 N–H and O–H groups in total. The van der Waals surface area contributed by atoms with Crippen LogP contribution in [-0.4, -0.2) is 37.6 Å². The van der Waals surface area contributed by atoms with Gasteiger partial charge < -0.3 is 14.3 Å². The Labute approximate surface area is 76.6 Å². The van der Waals surface area contributed by atoms with Gasteiger partial charge >= 0.3 is 0 Å². The van der Waals surface area contributed by atoms with Gasteiger partial charge in [0.05, 0.1) is 13.2 Å². The fourth-order valence-corrected chi connectivity index (χ4v) is 1.21. The van der Waals surface area contributed by atoms with Crippen molar-refractivity contribution in [2.45, 2.75) is 19.6 Å². The molecular weight excluding hydrogens is 174 g/mol. The summed E-state index contributed by atoms with van der Waals surface area (Å²) in [6.07, 6.45) is 0. The number of hydrogen-bond acceptors (Lipinski definition) is 5. The molecule has 1 fully saturated rings. The van der Waals surface area contributed by atoms with Gasteiger partial charge in [-0.1, -0.05) is 5.16 Å². The van der Waals surface area contributed by atoms with Crippen LogP contribution in [0.3, 0.4) is 0 Å². The number of Topliss-reactive ketones (excluding diaryl/α,β-unsaturated/α-hetero) is 1. The zero-order valence-corrected chi connectivity index (χ0v) is 7.99. The van der Waals surface area contributed by atoms with E-state index in [2.05, 4.69) is 9.99 Å². The lowest BCUT2D eigenvalue weighted by molar-refractivity contribution is -0.118. The number of carbonyl (C=O) groups is 1. The second-order valence-electron chi connectivity index (χ2n) is 2.82. The standard InChI is InChI=1S/C8H13NO4/c1-6(10)7(9-11-3)8(2)12-4-5-13-8/h4-5H2,1-3H3. The Morgan fingerprint density at radius 1 is 1.46 bits per heavy atom. The topological polar surface area (TPSA) is 57.1 Å². The van der Waals surface area contributed by atoms with Crippen LogP contribution >= 0.6 is 0 Å². The third kappa shape index (κ3) is 2.05. The summed E-state index contributed by atoms with van der Waals surface area (Å²) in [5, 5.41) is 3.59. The first-order chi connectivity index (χ1) is 6.10. The summed E-state index contributed by atoms with van der Waals surface area (Å²) in [6.45, 7) is 3.98. The van der Waals surface area contributed by atoms with E-state index in [4.69, 9.17) is 9.47 Å². The van der Waals surface area contributed by atoms with E-state index in [9.17, 15) is 4.79 Å². The zero-order valence-electron chi connectivity index (χ0n) is 7.99. The average molecular weight is 187 g/mol. The van der Waals surface area contributed by atoms with Crippen molar-refractivity contribution in [2.24, 2.45) is 5.16 Å². The third-order valence-electron chi connectivity index (χ3n) is 1.78. The van der Waals surface area contributed by atoms with Gasteiger partial charge in [0.15, 0.2) is 11.5 Å². The summed E-state index contributed by atoms with van der Waals surface area (Å²) < 4.78 is 10.5. The lowest BCUT2D eigenvalue weighted by Gasteiger charge is -2.21. The number of oxime groups is 1. The largest absolute Gasteiger partial charge is 0.399 e. The van der Waals surface area contributed by atoms with Crippen molar-refractivity contribution in [1.29, 1.82) is 0 Å². The highest BCUT2D eigenvalue weighted by molar-refractivity contribution is 6.41. The van der Waals surface area contributed by atoms with Crippen molar-refractivity contribution in [3.8, 4) is 0 Å². The first kappa shape index (κ1) is 10.1. The van der Waals surface area contributed by atoms with Crippen molar-refractivity contribution in [3.63, 3.8) is 0 Å². The van der Waals surface area contributed by atoms with E-state index in [1.807, 2.05) is 0 Å². The van der Waals surface area contributed by atoms with Gasteiger partial charge in [0, 0.05) is 6.92 Å². The molecule has 0 aromatic carbocycles. The molecule has 0 aliphatic carbocycles. The van der Waals surface area contributed by atoms with Crippen LogP contribution in [0, 0.1) is 0 Å². The summed E-state index contributed by atoms with van der Waals surface area (Å²) in [7, 11) is 1.38.